The van der Waals surface area contributed by atoms with E-state index in [4.69, 9.17) is 23.7 Å². The number of anilines is 1. The molecule has 0 aliphatic carbocycles. The number of thiazole rings is 1. The molecule has 0 amide bonds. The average molecular weight is 390 g/mol. The molecule has 0 saturated carbocycles. The van der Waals surface area contributed by atoms with Crippen LogP contribution in [0.3, 0.4) is 0 Å². The topological polar surface area (TPSA) is 125 Å². The zero-order chi connectivity index (χ0) is 18.7. The van der Waals surface area contributed by atoms with E-state index in [9.17, 15) is 0 Å². The number of quaternary nitrogens is 1. The molecule has 0 bridgehead atoms. The largest absolute Gasteiger partial charge is 0.748 e. The number of nitrogens with zero attached hydrogens (tertiary/aromatic N) is 2. The Hall–Kier alpha value is -2.33. The van der Waals surface area contributed by atoms with Crippen LogP contribution in [0.1, 0.15) is 5.56 Å². The first-order valence-electron chi connectivity index (χ1n) is 7.85. The second-order valence-corrected chi connectivity index (χ2v) is 8.23. The second kappa shape index (κ2) is 7.50. The highest BCUT2D eigenvalue weighted by Gasteiger charge is 2.15. The van der Waals surface area contributed by atoms with Gasteiger partial charge in [0.15, 0.2) is 0 Å². The van der Waals surface area contributed by atoms with E-state index in [0.29, 0.717) is 6.26 Å². The standard InChI is InChI=1S/C16H14N4S.CH4O3S/c17-12-4-1-10(2-5-12)16-20-13-6-3-11(9-14(13)21-16)15-18-7-8-19-15;1-5(2,3)4/h1-6,9H,7-8,17H2,(H,18,19);1H3,(H,2,3,4). The van der Waals surface area contributed by atoms with Crippen molar-refractivity contribution >= 4 is 43.2 Å². The van der Waals surface area contributed by atoms with Gasteiger partial charge in [0.1, 0.15) is 11.6 Å². The molecule has 0 saturated heterocycles. The number of fused-ring (bicyclic) bond motifs is 1. The highest BCUT2D eigenvalue weighted by molar-refractivity contribution is 7.84. The maximum absolute atomic E-state index is 9.08. The molecule has 1 aliphatic heterocycles. The Balaban J connectivity index is 0.000000349. The van der Waals surface area contributed by atoms with Gasteiger partial charge >= 0.3 is 0 Å². The first kappa shape index (κ1) is 18.5. The fourth-order valence-electron chi connectivity index (χ4n) is 2.49. The summed E-state index contributed by atoms with van der Waals surface area (Å²) in [5.74, 6) is 1.11. The van der Waals surface area contributed by atoms with Crippen molar-refractivity contribution < 1.29 is 18.3 Å². The smallest absolute Gasteiger partial charge is 0.227 e. The number of aromatic nitrogens is 1. The zero-order valence-corrected chi connectivity index (χ0v) is 15.7. The van der Waals surface area contributed by atoms with Crippen molar-refractivity contribution in [2.45, 2.75) is 0 Å². The lowest BCUT2D eigenvalue weighted by Gasteiger charge is -1.96. The van der Waals surface area contributed by atoms with Crippen LogP contribution in [-0.2, 0) is 10.1 Å². The summed E-state index contributed by atoms with van der Waals surface area (Å²) >= 11 is 1.71. The van der Waals surface area contributed by atoms with E-state index in [-0.39, 0.29) is 0 Å². The Morgan fingerprint density at radius 3 is 2.42 bits per heavy atom. The molecular weight excluding hydrogens is 372 g/mol. The minimum atomic E-state index is -3.92. The Bertz CT molecular complexity index is 1050. The van der Waals surface area contributed by atoms with Crippen molar-refractivity contribution in [3.8, 4) is 10.6 Å². The minimum absolute atomic E-state index is 0.604. The molecule has 1 aliphatic rings. The van der Waals surface area contributed by atoms with E-state index in [1.807, 2.05) is 24.3 Å². The highest BCUT2D eigenvalue weighted by Crippen LogP contribution is 2.31. The quantitative estimate of drug-likeness (QED) is 0.499. The third-order valence-electron chi connectivity index (χ3n) is 3.59. The van der Waals surface area contributed by atoms with Crippen LogP contribution in [-0.4, -0.2) is 43.1 Å². The molecule has 0 spiro atoms. The fraction of sp³-hybridized carbons (Fsp3) is 0.176. The Kier molecular flexibility index (Phi) is 5.33. The van der Waals surface area contributed by atoms with Crippen molar-refractivity contribution in [3.05, 3.63) is 48.0 Å². The molecule has 9 heteroatoms. The van der Waals surface area contributed by atoms with Crippen LogP contribution in [0.5, 0.6) is 0 Å². The van der Waals surface area contributed by atoms with E-state index in [1.165, 1.54) is 10.3 Å². The lowest BCUT2D eigenvalue weighted by atomic mass is 10.2. The van der Waals surface area contributed by atoms with Gasteiger partial charge in [-0.25, -0.2) is 18.4 Å². The number of hydrogen-bond acceptors (Lipinski definition) is 7. The van der Waals surface area contributed by atoms with Gasteiger partial charge in [-0.05, 0) is 42.5 Å². The number of benzene rings is 2. The minimum Gasteiger partial charge on any atom is -0.748 e. The first-order valence-corrected chi connectivity index (χ1v) is 10.5. The van der Waals surface area contributed by atoms with Crippen molar-refractivity contribution in [2.24, 2.45) is 4.99 Å². The molecule has 7 nitrogen and oxygen atoms in total. The molecule has 0 atom stereocenters. The van der Waals surface area contributed by atoms with Gasteiger partial charge in [-0.3, -0.25) is 5.32 Å². The molecule has 2 aromatic carbocycles. The van der Waals surface area contributed by atoms with Gasteiger partial charge in [-0.2, -0.15) is 0 Å². The molecule has 2 heterocycles. The molecule has 4 N–H and O–H groups in total. The molecule has 0 radical (unpaired) electrons. The predicted octanol–water partition coefficient (Wildman–Crippen LogP) is 1.03. The van der Waals surface area contributed by atoms with Crippen LogP contribution in [0.2, 0.25) is 0 Å². The molecule has 3 aromatic rings. The molecule has 0 unspecified atom stereocenters. The number of aliphatic imine (C=N–C) groups is 1. The van der Waals surface area contributed by atoms with Crippen LogP contribution in [0.25, 0.3) is 20.8 Å². The van der Waals surface area contributed by atoms with Crippen LogP contribution < -0.4 is 11.1 Å². The van der Waals surface area contributed by atoms with E-state index >= 15 is 0 Å². The predicted molar refractivity (Wildman–Crippen MR) is 103 cm³/mol. The van der Waals surface area contributed by atoms with Crippen molar-refractivity contribution in [3.63, 3.8) is 0 Å². The number of hydrogen-bond donors (Lipinski definition) is 2. The van der Waals surface area contributed by atoms with E-state index in [0.717, 1.165) is 40.7 Å². The monoisotopic (exact) mass is 390 g/mol. The first-order chi connectivity index (χ1) is 12.3. The van der Waals surface area contributed by atoms with Gasteiger partial charge in [0.25, 0.3) is 0 Å². The zero-order valence-electron chi connectivity index (χ0n) is 14.0. The molecule has 136 valence electrons. The number of nitrogen functional groups attached to an aromatic ring is 1. The molecule has 1 aromatic heterocycles. The van der Waals surface area contributed by atoms with Crippen LogP contribution in [0.15, 0.2) is 47.5 Å². The van der Waals surface area contributed by atoms with Crippen molar-refractivity contribution in [1.29, 1.82) is 0 Å². The van der Waals surface area contributed by atoms with Crippen LogP contribution >= 0.6 is 11.3 Å². The van der Waals surface area contributed by atoms with E-state index in [2.05, 4.69) is 28.5 Å². The van der Waals surface area contributed by atoms with Crippen LogP contribution in [0.4, 0.5) is 5.69 Å². The summed E-state index contributed by atoms with van der Waals surface area (Å²) in [6.45, 7) is 1.96. The molecule has 4 rings (SSSR count). The molecular formula is C17H18N4O3S2. The average Bonchev–Trinajstić information content (AvgIpc) is 3.23. The van der Waals surface area contributed by atoms with Crippen molar-refractivity contribution in [1.82, 2.24) is 4.98 Å². The molecule has 26 heavy (non-hydrogen) atoms. The van der Waals surface area contributed by atoms with Gasteiger partial charge in [0.2, 0.25) is 5.84 Å². The maximum atomic E-state index is 9.08. The normalized spacial score (nSPS) is 14.0. The third-order valence-corrected chi connectivity index (χ3v) is 4.66. The summed E-state index contributed by atoms with van der Waals surface area (Å²) in [4.78, 5) is 9.23. The van der Waals surface area contributed by atoms with Crippen molar-refractivity contribution in [2.75, 3.05) is 25.1 Å². The molecule has 0 fully saturated rings. The lowest BCUT2D eigenvalue weighted by Crippen LogP contribution is -2.86. The van der Waals surface area contributed by atoms with Gasteiger partial charge in [-0.15, -0.1) is 11.3 Å². The number of amidine groups is 1. The fourth-order valence-corrected chi connectivity index (χ4v) is 3.50. The summed E-state index contributed by atoms with van der Waals surface area (Å²) in [6, 6.07) is 14.2. The maximum Gasteiger partial charge on any atom is 0.227 e. The Morgan fingerprint density at radius 2 is 1.81 bits per heavy atom. The van der Waals surface area contributed by atoms with Gasteiger partial charge < -0.3 is 10.3 Å². The lowest BCUT2D eigenvalue weighted by molar-refractivity contribution is -0.526. The van der Waals surface area contributed by atoms with Gasteiger partial charge in [0, 0.05) is 17.5 Å². The van der Waals surface area contributed by atoms with Gasteiger partial charge in [0.05, 0.1) is 32.4 Å². The van der Waals surface area contributed by atoms with Crippen LogP contribution in [0, 0.1) is 0 Å². The van der Waals surface area contributed by atoms with Gasteiger partial charge in [-0.1, -0.05) is 0 Å². The second-order valence-electron chi connectivity index (χ2n) is 5.79. The third kappa shape index (κ3) is 4.85. The Labute approximate surface area is 155 Å². The summed E-state index contributed by atoms with van der Waals surface area (Å²) in [5.41, 5.74) is 9.84. The summed E-state index contributed by atoms with van der Waals surface area (Å²) < 4.78 is 28.4. The summed E-state index contributed by atoms with van der Waals surface area (Å²) in [5, 5.41) is 3.22. The SMILES string of the molecule is CS(=O)(=O)[O-].Nc1ccc(-c2nc3ccc(C4=NCC[NH2+]4)cc3s2)cc1. The van der Waals surface area contributed by atoms with E-state index in [1.54, 1.807) is 11.3 Å². The summed E-state index contributed by atoms with van der Waals surface area (Å²) in [7, 11) is -3.92. The number of rotatable bonds is 2. The Morgan fingerprint density at radius 1 is 1.15 bits per heavy atom. The highest BCUT2D eigenvalue weighted by atomic mass is 32.2. The van der Waals surface area contributed by atoms with E-state index < -0.39 is 10.1 Å². The summed E-state index contributed by atoms with van der Waals surface area (Å²) in [6.07, 6.45) is 0.604. The number of nitrogens with two attached hydrogens (primary N) is 2.